The minimum atomic E-state index is -0.621. The number of nitrogens with one attached hydrogen (secondary N) is 1. The van der Waals surface area contributed by atoms with Crippen molar-refractivity contribution in [3.63, 3.8) is 0 Å². The summed E-state index contributed by atoms with van der Waals surface area (Å²) in [4.78, 5) is 29.0. The number of unbranched alkanes of at least 4 members (excludes halogenated alkanes) is 1. The van der Waals surface area contributed by atoms with E-state index in [1.807, 2.05) is 30.3 Å². The van der Waals surface area contributed by atoms with Gasteiger partial charge in [0.1, 0.15) is 18.0 Å². The van der Waals surface area contributed by atoms with Crippen molar-refractivity contribution in [1.82, 2.24) is 14.9 Å². The number of benzene rings is 1. The largest absolute Gasteiger partial charge is 0.445 e. The number of carbonyl (C=O) groups excluding carboxylic acids is 2. The second-order valence-corrected chi connectivity index (χ2v) is 7.52. The third kappa shape index (κ3) is 7.06. The van der Waals surface area contributed by atoms with E-state index in [1.54, 1.807) is 27.0 Å². The Labute approximate surface area is 166 Å². The fraction of sp³-hybridized carbons (Fsp3) is 0.476. The highest BCUT2D eigenvalue weighted by Crippen LogP contribution is 2.13. The van der Waals surface area contributed by atoms with E-state index >= 15 is 0 Å². The molecule has 1 aromatic carbocycles. The van der Waals surface area contributed by atoms with E-state index in [9.17, 15) is 9.59 Å². The van der Waals surface area contributed by atoms with Gasteiger partial charge >= 0.3 is 12.2 Å². The molecule has 0 atom stereocenters. The van der Waals surface area contributed by atoms with Gasteiger partial charge in [0, 0.05) is 6.20 Å². The van der Waals surface area contributed by atoms with Crippen molar-refractivity contribution >= 4 is 12.2 Å². The van der Waals surface area contributed by atoms with Crippen molar-refractivity contribution in [2.75, 3.05) is 0 Å². The first-order valence-corrected chi connectivity index (χ1v) is 9.53. The molecule has 0 aliphatic heterocycles. The van der Waals surface area contributed by atoms with E-state index in [0.717, 1.165) is 30.5 Å². The maximum Gasteiger partial charge on any atom is 0.420 e. The molecule has 0 saturated carbocycles. The number of rotatable bonds is 7. The zero-order valence-corrected chi connectivity index (χ0v) is 17.0. The van der Waals surface area contributed by atoms with Gasteiger partial charge in [0.15, 0.2) is 0 Å². The average molecular weight is 387 g/mol. The van der Waals surface area contributed by atoms with E-state index in [4.69, 9.17) is 9.47 Å². The lowest BCUT2D eigenvalue weighted by molar-refractivity contribution is 0.0530. The fourth-order valence-electron chi connectivity index (χ4n) is 2.47. The molecule has 2 aromatic rings. The van der Waals surface area contributed by atoms with Crippen molar-refractivity contribution in [1.29, 1.82) is 0 Å². The van der Waals surface area contributed by atoms with Gasteiger partial charge in [-0.05, 0) is 39.2 Å². The highest BCUT2D eigenvalue weighted by atomic mass is 16.6. The molecular weight excluding hydrogens is 358 g/mol. The predicted octanol–water partition coefficient (Wildman–Crippen LogP) is 4.44. The molecule has 1 aromatic heterocycles. The van der Waals surface area contributed by atoms with Gasteiger partial charge in [-0.3, -0.25) is 0 Å². The first-order chi connectivity index (χ1) is 13.3. The Morgan fingerprint density at radius 1 is 1.18 bits per heavy atom. The highest BCUT2D eigenvalue weighted by Gasteiger charge is 2.21. The van der Waals surface area contributed by atoms with Crippen molar-refractivity contribution in [3.05, 3.63) is 53.6 Å². The number of hydrogen-bond acceptors (Lipinski definition) is 5. The van der Waals surface area contributed by atoms with Gasteiger partial charge in [0.25, 0.3) is 0 Å². The number of amides is 1. The zero-order valence-electron chi connectivity index (χ0n) is 17.0. The van der Waals surface area contributed by atoms with Gasteiger partial charge in [-0.25, -0.2) is 19.1 Å². The molecule has 0 saturated heterocycles. The van der Waals surface area contributed by atoms with Crippen molar-refractivity contribution in [2.45, 2.75) is 65.7 Å². The summed E-state index contributed by atoms with van der Waals surface area (Å²) in [5.41, 5.74) is 1.07. The van der Waals surface area contributed by atoms with E-state index < -0.39 is 17.8 Å². The number of hydrogen-bond donors (Lipinski definition) is 1. The second kappa shape index (κ2) is 9.92. The standard InChI is InChI=1S/C21H29N3O4/c1-5-6-12-17-14-24(20(26)28-21(2,3)4)18(23-17)13-22-19(25)27-15-16-10-8-7-9-11-16/h7-11,14H,5-6,12-13,15H2,1-4H3,(H,22,25). The summed E-state index contributed by atoms with van der Waals surface area (Å²) in [5.74, 6) is 0.414. The highest BCUT2D eigenvalue weighted by molar-refractivity contribution is 5.72. The SMILES string of the molecule is CCCCc1cn(C(=O)OC(C)(C)C)c(CNC(=O)OCc2ccccc2)n1. The normalized spacial score (nSPS) is 11.1. The number of carbonyl (C=O) groups is 2. The van der Waals surface area contributed by atoms with Crippen LogP contribution in [0.5, 0.6) is 0 Å². The lowest BCUT2D eigenvalue weighted by Crippen LogP contribution is -2.30. The number of aromatic nitrogens is 2. The van der Waals surface area contributed by atoms with Gasteiger partial charge in [-0.2, -0.15) is 0 Å². The topological polar surface area (TPSA) is 82.5 Å². The summed E-state index contributed by atoms with van der Waals surface area (Å²) in [6, 6.07) is 9.42. The third-order valence-electron chi connectivity index (χ3n) is 3.81. The van der Waals surface area contributed by atoms with Crippen LogP contribution >= 0.6 is 0 Å². The lowest BCUT2D eigenvalue weighted by Gasteiger charge is -2.20. The summed E-state index contributed by atoms with van der Waals surface area (Å²) in [5, 5.41) is 2.64. The smallest absolute Gasteiger partial charge is 0.420 e. The van der Waals surface area contributed by atoms with Gasteiger partial charge in [0.2, 0.25) is 0 Å². The minimum absolute atomic E-state index is 0.0684. The monoisotopic (exact) mass is 387 g/mol. The number of ether oxygens (including phenoxy) is 2. The van der Waals surface area contributed by atoms with Crippen LogP contribution < -0.4 is 5.32 Å². The number of nitrogens with zero attached hydrogens (tertiary/aromatic N) is 2. The fourth-order valence-corrected chi connectivity index (χ4v) is 2.47. The molecule has 0 radical (unpaired) electrons. The molecule has 28 heavy (non-hydrogen) atoms. The molecular formula is C21H29N3O4. The Morgan fingerprint density at radius 2 is 1.89 bits per heavy atom. The molecule has 0 bridgehead atoms. The molecule has 0 spiro atoms. The Balaban J connectivity index is 2.00. The van der Waals surface area contributed by atoms with Gasteiger partial charge < -0.3 is 14.8 Å². The third-order valence-corrected chi connectivity index (χ3v) is 3.81. The van der Waals surface area contributed by atoms with E-state index in [0.29, 0.717) is 5.82 Å². The zero-order chi connectivity index (χ0) is 20.6. The Kier molecular flexibility index (Phi) is 7.61. The summed E-state index contributed by atoms with van der Waals surface area (Å²) < 4.78 is 12.0. The first-order valence-electron chi connectivity index (χ1n) is 9.53. The number of imidazole rings is 1. The predicted molar refractivity (Wildman–Crippen MR) is 106 cm³/mol. The first kappa shape index (κ1) is 21.5. The molecule has 0 aliphatic rings. The molecule has 1 heterocycles. The van der Waals surface area contributed by atoms with Crippen LogP contribution in [0.4, 0.5) is 9.59 Å². The minimum Gasteiger partial charge on any atom is -0.445 e. The maximum absolute atomic E-state index is 12.5. The average Bonchev–Trinajstić information content (AvgIpc) is 3.06. The number of alkyl carbamates (subject to hydrolysis) is 1. The van der Waals surface area contributed by atoms with Gasteiger partial charge in [0.05, 0.1) is 12.2 Å². The maximum atomic E-state index is 12.5. The molecule has 0 fully saturated rings. The summed E-state index contributed by atoms with van der Waals surface area (Å²) in [6.07, 6.45) is 3.35. The van der Waals surface area contributed by atoms with Crippen LogP contribution in [0.15, 0.2) is 36.5 Å². The van der Waals surface area contributed by atoms with Gasteiger partial charge in [-0.15, -0.1) is 0 Å². The van der Waals surface area contributed by atoms with E-state index in [-0.39, 0.29) is 13.2 Å². The molecule has 2 rings (SSSR count). The van der Waals surface area contributed by atoms with E-state index in [1.165, 1.54) is 4.57 Å². The van der Waals surface area contributed by atoms with Crippen molar-refractivity contribution in [2.24, 2.45) is 0 Å². The Morgan fingerprint density at radius 3 is 2.54 bits per heavy atom. The Bertz CT molecular complexity index is 779. The van der Waals surface area contributed by atoms with Crippen LogP contribution in [-0.2, 0) is 29.0 Å². The lowest BCUT2D eigenvalue weighted by atomic mass is 10.2. The summed E-state index contributed by atoms with van der Waals surface area (Å²) >= 11 is 0. The molecule has 7 heteroatoms. The van der Waals surface area contributed by atoms with Crippen LogP contribution in [0.1, 0.15) is 57.6 Å². The molecule has 0 unspecified atom stereocenters. The summed E-state index contributed by atoms with van der Waals surface area (Å²) in [7, 11) is 0. The van der Waals surface area contributed by atoms with Crippen LogP contribution in [0.3, 0.4) is 0 Å². The molecule has 7 nitrogen and oxygen atoms in total. The van der Waals surface area contributed by atoms with Crippen LogP contribution in [0.2, 0.25) is 0 Å². The molecule has 1 N–H and O–H groups in total. The summed E-state index contributed by atoms with van der Waals surface area (Å²) in [6.45, 7) is 7.75. The van der Waals surface area contributed by atoms with Crippen LogP contribution in [0, 0.1) is 0 Å². The second-order valence-electron chi connectivity index (χ2n) is 7.52. The molecule has 1 amide bonds. The van der Waals surface area contributed by atoms with Crippen molar-refractivity contribution < 1.29 is 19.1 Å². The van der Waals surface area contributed by atoms with Gasteiger partial charge in [-0.1, -0.05) is 43.7 Å². The quantitative estimate of drug-likeness (QED) is 0.760. The Hall–Kier alpha value is -2.83. The molecule has 0 aliphatic carbocycles. The van der Waals surface area contributed by atoms with Crippen LogP contribution in [0.25, 0.3) is 0 Å². The van der Waals surface area contributed by atoms with E-state index in [2.05, 4.69) is 17.2 Å². The number of aryl methyl sites for hydroxylation is 1. The van der Waals surface area contributed by atoms with Crippen LogP contribution in [-0.4, -0.2) is 27.3 Å². The molecule has 152 valence electrons. The van der Waals surface area contributed by atoms with Crippen molar-refractivity contribution in [3.8, 4) is 0 Å².